The van der Waals surface area contributed by atoms with Crippen molar-refractivity contribution < 1.29 is 9.18 Å². The van der Waals surface area contributed by atoms with Crippen LogP contribution in [0.1, 0.15) is 30.9 Å². The zero-order chi connectivity index (χ0) is 18.5. The van der Waals surface area contributed by atoms with Crippen molar-refractivity contribution in [3.8, 4) is 0 Å². The number of carbonyl (C=O) groups is 1. The van der Waals surface area contributed by atoms with E-state index in [1.807, 2.05) is 23.1 Å². The molecular weight excluding hydrogens is 327 g/mol. The minimum Gasteiger partial charge on any atom is -0.368 e. The number of carbonyl (C=O) groups excluding carboxylic acids is 1. The number of nitrogens with zero attached hydrogens (tertiary/aromatic N) is 2. The Hall–Kier alpha value is -2.62. The molecule has 0 aromatic heterocycles. The van der Waals surface area contributed by atoms with Gasteiger partial charge in [0.05, 0.1) is 0 Å². The van der Waals surface area contributed by atoms with Gasteiger partial charge in [0.2, 0.25) is 5.91 Å². The van der Waals surface area contributed by atoms with Gasteiger partial charge in [-0.2, -0.15) is 0 Å². The van der Waals surface area contributed by atoms with E-state index in [2.05, 4.69) is 30.9 Å². The summed E-state index contributed by atoms with van der Waals surface area (Å²) in [5, 5.41) is 0. The van der Waals surface area contributed by atoms with E-state index in [1.54, 1.807) is 18.2 Å². The average Bonchev–Trinajstić information content (AvgIpc) is 2.67. The van der Waals surface area contributed by atoms with E-state index < -0.39 is 0 Å². The zero-order valence-electron chi connectivity index (χ0n) is 15.4. The summed E-state index contributed by atoms with van der Waals surface area (Å²) in [5.41, 5.74) is 3.33. The third-order valence-corrected chi connectivity index (χ3v) is 4.80. The van der Waals surface area contributed by atoms with Gasteiger partial charge in [-0.3, -0.25) is 4.79 Å². The van der Waals surface area contributed by atoms with Crippen LogP contribution in [0.2, 0.25) is 0 Å². The second-order valence-electron chi connectivity index (χ2n) is 6.94. The molecule has 0 saturated carbocycles. The first-order valence-corrected chi connectivity index (χ1v) is 9.10. The first-order chi connectivity index (χ1) is 12.5. The zero-order valence-corrected chi connectivity index (χ0v) is 15.4. The summed E-state index contributed by atoms with van der Waals surface area (Å²) in [5.74, 6) is 0.317. The topological polar surface area (TPSA) is 23.6 Å². The van der Waals surface area contributed by atoms with Crippen LogP contribution in [0.25, 0.3) is 6.08 Å². The lowest BCUT2D eigenvalue weighted by atomic mass is 10.0. The van der Waals surface area contributed by atoms with Crippen LogP contribution in [0.15, 0.2) is 54.6 Å². The van der Waals surface area contributed by atoms with Gasteiger partial charge in [-0.15, -0.1) is 0 Å². The predicted octanol–water partition coefficient (Wildman–Crippen LogP) is 4.31. The van der Waals surface area contributed by atoms with Crippen LogP contribution in [0.5, 0.6) is 0 Å². The summed E-state index contributed by atoms with van der Waals surface area (Å²) in [7, 11) is 0. The fraction of sp³-hybridized carbons (Fsp3) is 0.318. The van der Waals surface area contributed by atoms with Crippen LogP contribution < -0.4 is 4.90 Å². The fourth-order valence-corrected chi connectivity index (χ4v) is 3.10. The molecule has 0 spiro atoms. The van der Waals surface area contributed by atoms with E-state index in [9.17, 15) is 9.18 Å². The number of hydrogen-bond acceptors (Lipinski definition) is 2. The minimum absolute atomic E-state index is 0.0386. The van der Waals surface area contributed by atoms with Crippen molar-refractivity contribution in [3.63, 3.8) is 0 Å². The quantitative estimate of drug-likeness (QED) is 0.766. The standard InChI is InChI=1S/C22H25FN2O/c1-17(2)19-6-3-18(4-7-19)5-12-22(26)25-15-13-24(14-16-25)21-10-8-20(23)9-11-21/h3-12,17H,13-16H2,1-2H3. The van der Waals surface area contributed by atoms with Gasteiger partial charge in [0.1, 0.15) is 5.82 Å². The summed E-state index contributed by atoms with van der Waals surface area (Å²) in [6, 6.07) is 14.8. The lowest BCUT2D eigenvalue weighted by Gasteiger charge is -2.35. The van der Waals surface area contributed by atoms with E-state index in [-0.39, 0.29) is 11.7 Å². The number of anilines is 1. The maximum atomic E-state index is 13.0. The van der Waals surface area contributed by atoms with Gasteiger partial charge < -0.3 is 9.80 Å². The highest BCUT2D eigenvalue weighted by atomic mass is 19.1. The SMILES string of the molecule is CC(C)c1ccc(C=CC(=O)N2CCN(c3ccc(F)cc3)CC2)cc1. The summed E-state index contributed by atoms with van der Waals surface area (Å²) >= 11 is 0. The Labute approximate surface area is 154 Å². The van der Waals surface area contributed by atoms with Gasteiger partial charge in [0, 0.05) is 37.9 Å². The van der Waals surface area contributed by atoms with Crippen LogP contribution >= 0.6 is 0 Å². The molecule has 0 radical (unpaired) electrons. The molecule has 2 aromatic carbocycles. The van der Waals surface area contributed by atoms with E-state index in [0.717, 1.165) is 24.3 Å². The van der Waals surface area contributed by atoms with Gasteiger partial charge in [-0.25, -0.2) is 4.39 Å². The number of hydrogen-bond donors (Lipinski definition) is 0. The molecule has 0 N–H and O–H groups in total. The summed E-state index contributed by atoms with van der Waals surface area (Å²) in [6.07, 6.45) is 3.52. The third kappa shape index (κ3) is 4.51. The Kier molecular flexibility index (Phi) is 5.71. The van der Waals surface area contributed by atoms with Gasteiger partial charge in [0.25, 0.3) is 0 Å². The molecule has 26 heavy (non-hydrogen) atoms. The van der Waals surface area contributed by atoms with Gasteiger partial charge in [0.15, 0.2) is 0 Å². The minimum atomic E-state index is -0.228. The molecule has 0 bridgehead atoms. The van der Waals surface area contributed by atoms with E-state index in [0.29, 0.717) is 19.0 Å². The molecule has 1 fully saturated rings. The van der Waals surface area contributed by atoms with Crippen molar-refractivity contribution in [2.24, 2.45) is 0 Å². The highest BCUT2D eigenvalue weighted by Crippen LogP contribution is 2.18. The van der Waals surface area contributed by atoms with Crippen molar-refractivity contribution >= 4 is 17.7 Å². The molecule has 1 heterocycles. The normalized spacial score (nSPS) is 15.1. The molecule has 2 aromatic rings. The third-order valence-electron chi connectivity index (χ3n) is 4.80. The first kappa shape index (κ1) is 18.2. The fourth-order valence-electron chi connectivity index (χ4n) is 3.10. The number of halogens is 1. The lowest BCUT2D eigenvalue weighted by molar-refractivity contribution is -0.126. The molecular formula is C22H25FN2O. The van der Waals surface area contributed by atoms with Gasteiger partial charge >= 0.3 is 0 Å². The number of piperazine rings is 1. The number of rotatable bonds is 4. The van der Waals surface area contributed by atoms with E-state index in [1.165, 1.54) is 17.7 Å². The molecule has 0 unspecified atom stereocenters. The summed E-state index contributed by atoms with van der Waals surface area (Å²) < 4.78 is 13.0. The average molecular weight is 352 g/mol. The highest BCUT2D eigenvalue weighted by Gasteiger charge is 2.19. The maximum absolute atomic E-state index is 13.0. The van der Waals surface area contributed by atoms with Crippen molar-refractivity contribution in [2.75, 3.05) is 31.1 Å². The molecule has 0 atom stereocenters. The molecule has 136 valence electrons. The molecule has 1 aliphatic heterocycles. The van der Waals surface area contributed by atoms with Crippen molar-refractivity contribution in [1.29, 1.82) is 0 Å². The smallest absolute Gasteiger partial charge is 0.246 e. The summed E-state index contributed by atoms with van der Waals surface area (Å²) in [4.78, 5) is 16.4. The van der Waals surface area contributed by atoms with Crippen LogP contribution in [-0.4, -0.2) is 37.0 Å². The second kappa shape index (κ2) is 8.17. The Morgan fingerprint density at radius 3 is 2.15 bits per heavy atom. The van der Waals surface area contributed by atoms with Crippen LogP contribution in [0.4, 0.5) is 10.1 Å². The summed E-state index contributed by atoms with van der Waals surface area (Å²) in [6.45, 7) is 7.20. The Morgan fingerprint density at radius 2 is 1.58 bits per heavy atom. The number of amides is 1. The second-order valence-corrected chi connectivity index (χ2v) is 6.94. The van der Waals surface area contributed by atoms with Crippen molar-refractivity contribution in [1.82, 2.24) is 4.90 Å². The van der Waals surface area contributed by atoms with Crippen molar-refractivity contribution in [2.45, 2.75) is 19.8 Å². The molecule has 3 nitrogen and oxygen atoms in total. The van der Waals surface area contributed by atoms with Gasteiger partial charge in [-0.05, 0) is 47.4 Å². The Balaban J connectivity index is 1.54. The van der Waals surface area contributed by atoms with Crippen LogP contribution in [0.3, 0.4) is 0 Å². The maximum Gasteiger partial charge on any atom is 0.246 e. The molecule has 4 heteroatoms. The number of benzene rings is 2. The van der Waals surface area contributed by atoms with E-state index >= 15 is 0 Å². The van der Waals surface area contributed by atoms with Gasteiger partial charge in [-0.1, -0.05) is 38.1 Å². The molecule has 3 rings (SSSR count). The lowest BCUT2D eigenvalue weighted by Crippen LogP contribution is -2.48. The highest BCUT2D eigenvalue weighted by molar-refractivity contribution is 5.92. The van der Waals surface area contributed by atoms with Crippen LogP contribution in [0, 0.1) is 5.82 Å². The monoisotopic (exact) mass is 352 g/mol. The first-order valence-electron chi connectivity index (χ1n) is 9.10. The van der Waals surface area contributed by atoms with Crippen LogP contribution in [-0.2, 0) is 4.79 Å². The molecule has 0 aliphatic carbocycles. The predicted molar refractivity (Wildman–Crippen MR) is 105 cm³/mol. The van der Waals surface area contributed by atoms with E-state index in [4.69, 9.17) is 0 Å². The van der Waals surface area contributed by atoms with Crippen molar-refractivity contribution in [3.05, 3.63) is 71.6 Å². The molecule has 1 saturated heterocycles. The molecule has 1 aliphatic rings. The Morgan fingerprint density at radius 1 is 0.962 bits per heavy atom. The Bertz CT molecular complexity index is 758. The molecule has 1 amide bonds. The largest absolute Gasteiger partial charge is 0.368 e.